The van der Waals surface area contributed by atoms with Gasteiger partial charge in [0.15, 0.2) is 5.82 Å². The molecule has 18 heavy (non-hydrogen) atoms. The van der Waals surface area contributed by atoms with Gasteiger partial charge in [-0.3, -0.25) is 0 Å². The van der Waals surface area contributed by atoms with Crippen LogP contribution in [0, 0.1) is 0 Å². The topological polar surface area (TPSA) is 74.2 Å². The van der Waals surface area contributed by atoms with Crippen LogP contribution in [0.4, 0.5) is 0 Å². The van der Waals surface area contributed by atoms with Crippen LogP contribution in [0.5, 0.6) is 5.75 Å². The second-order valence-electron chi connectivity index (χ2n) is 4.40. The Labute approximate surface area is 106 Å². The first-order chi connectivity index (χ1) is 8.61. The SMILES string of the molecule is COc1ccc(C(N)c2noc(C(C)C)n2)cc1. The van der Waals surface area contributed by atoms with E-state index in [4.69, 9.17) is 15.0 Å². The molecule has 1 aromatic carbocycles. The van der Waals surface area contributed by atoms with Gasteiger partial charge in [-0.1, -0.05) is 31.1 Å². The van der Waals surface area contributed by atoms with E-state index in [-0.39, 0.29) is 12.0 Å². The highest BCUT2D eigenvalue weighted by atomic mass is 16.5. The summed E-state index contributed by atoms with van der Waals surface area (Å²) in [5.74, 6) is 2.11. The molecule has 0 bridgehead atoms. The molecule has 0 radical (unpaired) electrons. The average molecular weight is 247 g/mol. The number of rotatable bonds is 4. The van der Waals surface area contributed by atoms with Crippen LogP contribution >= 0.6 is 0 Å². The summed E-state index contributed by atoms with van der Waals surface area (Å²) in [4.78, 5) is 4.29. The highest BCUT2D eigenvalue weighted by Gasteiger charge is 2.17. The lowest BCUT2D eigenvalue weighted by molar-refractivity contribution is 0.359. The molecule has 2 N–H and O–H groups in total. The molecule has 0 aliphatic heterocycles. The Morgan fingerprint density at radius 1 is 1.22 bits per heavy atom. The fraction of sp³-hybridized carbons (Fsp3) is 0.385. The highest BCUT2D eigenvalue weighted by molar-refractivity contribution is 5.31. The molecule has 96 valence electrons. The van der Waals surface area contributed by atoms with Gasteiger partial charge in [-0.15, -0.1) is 0 Å². The Morgan fingerprint density at radius 2 is 1.89 bits per heavy atom. The lowest BCUT2D eigenvalue weighted by Gasteiger charge is -2.08. The molecule has 2 aromatic rings. The summed E-state index contributed by atoms with van der Waals surface area (Å²) < 4.78 is 10.2. The van der Waals surface area contributed by atoms with Crippen LogP contribution in [0.3, 0.4) is 0 Å². The van der Waals surface area contributed by atoms with Crippen molar-refractivity contribution in [2.75, 3.05) is 7.11 Å². The summed E-state index contributed by atoms with van der Waals surface area (Å²) in [5, 5.41) is 3.91. The van der Waals surface area contributed by atoms with Crippen molar-refractivity contribution in [2.45, 2.75) is 25.8 Å². The molecule has 1 aromatic heterocycles. The maximum Gasteiger partial charge on any atom is 0.229 e. The Morgan fingerprint density at radius 3 is 2.39 bits per heavy atom. The zero-order valence-corrected chi connectivity index (χ0v) is 10.8. The van der Waals surface area contributed by atoms with E-state index in [0.29, 0.717) is 11.7 Å². The normalized spacial score (nSPS) is 12.7. The maximum atomic E-state index is 6.10. The van der Waals surface area contributed by atoms with Crippen molar-refractivity contribution < 1.29 is 9.26 Å². The van der Waals surface area contributed by atoms with E-state index in [1.807, 2.05) is 38.1 Å². The van der Waals surface area contributed by atoms with Crippen molar-refractivity contribution in [3.05, 3.63) is 41.5 Å². The molecule has 0 amide bonds. The van der Waals surface area contributed by atoms with Crippen LogP contribution in [0.1, 0.15) is 43.1 Å². The molecular formula is C13H17N3O2. The molecule has 0 saturated carbocycles. The Balaban J connectivity index is 2.20. The summed E-state index contributed by atoms with van der Waals surface area (Å²) in [6.07, 6.45) is 0. The van der Waals surface area contributed by atoms with Gasteiger partial charge in [0.2, 0.25) is 5.89 Å². The van der Waals surface area contributed by atoms with Crippen molar-refractivity contribution in [1.82, 2.24) is 10.1 Å². The first-order valence-electron chi connectivity index (χ1n) is 5.85. The fourth-order valence-electron chi connectivity index (χ4n) is 1.57. The second-order valence-corrected chi connectivity index (χ2v) is 4.40. The summed E-state index contributed by atoms with van der Waals surface area (Å²) in [6, 6.07) is 7.13. The summed E-state index contributed by atoms with van der Waals surface area (Å²) in [5.41, 5.74) is 7.02. The molecule has 1 atom stereocenters. The van der Waals surface area contributed by atoms with Gasteiger partial charge in [0, 0.05) is 5.92 Å². The lowest BCUT2D eigenvalue weighted by atomic mass is 10.1. The first-order valence-corrected chi connectivity index (χ1v) is 5.85. The number of ether oxygens (including phenoxy) is 1. The lowest BCUT2D eigenvalue weighted by Crippen LogP contribution is -2.13. The summed E-state index contributed by atoms with van der Waals surface area (Å²) >= 11 is 0. The van der Waals surface area contributed by atoms with E-state index < -0.39 is 0 Å². The Bertz CT molecular complexity index is 505. The third-order valence-corrected chi connectivity index (χ3v) is 2.70. The first kappa shape index (κ1) is 12.6. The minimum atomic E-state index is -0.382. The summed E-state index contributed by atoms with van der Waals surface area (Å²) in [6.45, 7) is 3.99. The number of hydrogen-bond acceptors (Lipinski definition) is 5. The van der Waals surface area contributed by atoms with E-state index in [1.165, 1.54) is 0 Å². The van der Waals surface area contributed by atoms with E-state index >= 15 is 0 Å². The third-order valence-electron chi connectivity index (χ3n) is 2.70. The molecular weight excluding hydrogens is 230 g/mol. The van der Waals surface area contributed by atoms with Gasteiger partial charge in [-0.25, -0.2) is 0 Å². The number of aromatic nitrogens is 2. The monoisotopic (exact) mass is 247 g/mol. The zero-order chi connectivity index (χ0) is 13.1. The van der Waals surface area contributed by atoms with Gasteiger partial charge >= 0.3 is 0 Å². The van der Waals surface area contributed by atoms with Crippen LogP contribution in [0.25, 0.3) is 0 Å². The quantitative estimate of drug-likeness (QED) is 0.896. The van der Waals surface area contributed by atoms with Crippen molar-refractivity contribution in [3.8, 4) is 5.75 Å². The number of nitrogens with zero attached hydrogens (tertiary/aromatic N) is 2. The minimum absolute atomic E-state index is 0.203. The van der Waals surface area contributed by atoms with Gasteiger partial charge in [0.1, 0.15) is 5.75 Å². The molecule has 5 nitrogen and oxygen atoms in total. The van der Waals surface area contributed by atoms with Crippen LogP contribution < -0.4 is 10.5 Å². The Hall–Kier alpha value is -1.88. The predicted octanol–water partition coefficient (Wildman–Crippen LogP) is 2.25. The van der Waals surface area contributed by atoms with Crippen molar-refractivity contribution in [2.24, 2.45) is 5.73 Å². The van der Waals surface area contributed by atoms with Crippen LogP contribution in [-0.4, -0.2) is 17.3 Å². The van der Waals surface area contributed by atoms with Gasteiger partial charge in [0.05, 0.1) is 13.2 Å². The predicted molar refractivity (Wildman–Crippen MR) is 67.4 cm³/mol. The smallest absolute Gasteiger partial charge is 0.229 e. The van der Waals surface area contributed by atoms with E-state index in [0.717, 1.165) is 11.3 Å². The van der Waals surface area contributed by atoms with E-state index in [1.54, 1.807) is 7.11 Å². The molecule has 5 heteroatoms. The Kier molecular flexibility index (Phi) is 3.62. The number of hydrogen-bond donors (Lipinski definition) is 1. The number of nitrogens with two attached hydrogens (primary N) is 1. The molecule has 0 aliphatic rings. The molecule has 1 heterocycles. The molecule has 2 rings (SSSR count). The molecule has 0 fully saturated rings. The highest BCUT2D eigenvalue weighted by Crippen LogP contribution is 2.21. The van der Waals surface area contributed by atoms with Crippen LogP contribution in [-0.2, 0) is 0 Å². The minimum Gasteiger partial charge on any atom is -0.497 e. The van der Waals surface area contributed by atoms with Crippen molar-refractivity contribution >= 4 is 0 Å². The fourth-order valence-corrected chi connectivity index (χ4v) is 1.57. The van der Waals surface area contributed by atoms with Crippen LogP contribution in [0.15, 0.2) is 28.8 Å². The molecule has 0 aliphatic carbocycles. The largest absolute Gasteiger partial charge is 0.497 e. The maximum absolute atomic E-state index is 6.10. The number of benzene rings is 1. The molecule has 1 unspecified atom stereocenters. The standard InChI is InChI=1S/C13H17N3O2/c1-8(2)13-15-12(16-18-13)11(14)9-4-6-10(17-3)7-5-9/h4-8,11H,14H2,1-3H3. The van der Waals surface area contributed by atoms with E-state index in [2.05, 4.69) is 10.1 Å². The van der Waals surface area contributed by atoms with Gasteiger partial charge in [0.25, 0.3) is 0 Å². The second kappa shape index (κ2) is 5.18. The van der Waals surface area contributed by atoms with Crippen molar-refractivity contribution in [3.63, 3.8) is 0 Å². The van der Waals surface area contributed by atoms with Crippen LogP contribution in [0.2, 0.25) is 0 Å². The van der Waals surface area contributed by atoms with Crippen molar-refractivity contribution in [1.29, 1.82) is 0 Å². The van der Waals surface area contributed by atoms with E-state index in [9.17, 15) is 0 Å². The molecule has 0 spiro atoms. The number of methoxy groups -OCH3 is 1. The summed E-state index contributed by atoms with van der Waals surface area (Å²) in [7, 11) is 1.63. The van der Waals surface area contributed by atoms with Gasteiger partial charge in [-0.2, -0.15) is 4.98 Å². The third kappa shape index (κ3) is 2.51. The van der Waals surface area contributed by atoms with Gasteiger partial charge in [-0.05, 0) is 17.7 Å². The zero-order valence-electron chi connectivity index (χ0n) is 10.8. The van der Waals surface area contributed by atoms with Gasteiger partial charge < -0.3 is 15.0 Å². The average Bonchev–Trinajstić information content (AvgIpc) is 2.88. The molecule has 0 saturated heterocycles.